The van der Waals surface area contributed by atoms with Crippen LogP contribution in [0.2, 0.25) is 0 Å². The van der Waals surface area contributed by atoms with Gasteiger partial charge in [-0.3, -0.25) is 4.79 Å². The van der Waals surface area contributed by atoms with Crippen molar-refractivity contribution in [1.82, 2.24) is 5.32 Å². The molecule has 7 heteroatoms. The Morgan fingerprint density at radius 1 is 0.674 bits per heavy atom. The lowest BCUT2D eigenvalue weighted by Crippen LogP contribution is -2.34. The molecule has 256 valence electrons. The average molecular weight is 613 g/mol. The van der Waals surface area contributed by atoms with Crippen LogP contribution in [0.3, 0.4) is 0 Å². The third-order valence-corrected chi connectivity index (χ3v) is 8.57. The zero-order valence-corrected chi connectivity index (χ0v) is 29.5. The van der Waals surface area contributed by atoms with Gasteiger partial charge in [0.15, 0.2) is 11.6 Å². The maximum absolute atomic E-state index is 11.4. The monoisotopic (exact) mass is 613 g/mol. The van der Waals surface area contributed by atoms with E-state index < -0.39 is 11.6 Å². The maximum Gasteiger partial charge on any atom is 0.217 e. The highest BCUT2D eigenvalue weighted by atomic mass is 16.7. The Bertz CT molecular complexity index is 687. The molecular weight excluding hydrogens is 540 g/mol. The first-order chi connectivity index (χ1) is 20.5. The molecule has 0 spiro atoms. The van der Waals surface area contributed by atoms with E-state index in [-0.39, 0.29) is 24.2 Å². The minimum atomic E-state index is -0.452. The fraction of sp³-hybridized carbons (Fsp3) is 0.972. The van der Waals surface area contributed by atoms with Gasteiger partial charge in [0.2, 0.25) is 5.91 Å². The minimum Gasteiger partial charge on any atom is -0.354 e. The Balaban J connectivity index is 0.000000434. The van der Waals surface area contributed by atoms with Crippen LogP contribution in [0.1, 0.15) is 177 Å². The van der Waals surface area contributed by atoms with Crippen molar-refractivity contribution < 1.29 is 23.7 Å². The molecule has 4 atom stereocenters. The van der Waals surface area contributed by atoms with Crippen molar-refractivity contribution in [2.75, 3.05) is 13.2 Å². The number of ether oxygens (including phenoxy) is 4. The fourth-order valence-electron chi connectivity index (χ4n) is 6.03. The first-order valence-electron chi connectivity index (χ1n) is 18.1. The first-order valence-corrected chi connectivity index (χ1v) is 18.1. The largest absolute Gasteiger partial charge is 0.354 e. The Kier molecular flexibility index (Phi) is 22.1. The number of unbranched alkanes of at least 4 members (excludes halogenated alkanes) is 12. The van der Waals surface area contributed by atoms with Crippen LogP contribution in [-0.2, 0) is 23.7 Å². The molecule has 0 aliphatic carbocycles. The lowest BCUT2D eigenvalue weighted by molar-refractivity contribution is -0.139. The Hall–Kier alpha value is -0.730. The summed E-state index contributed by atoms with van der Waals surface area (Å²) in [5.41, 5.74) is 6.19. The van der Waals surface area contributed by atoms with Gasteiger partial charge in [-0.25, -0.2) is 0 Å². The molecule has 0 radical (unpaired) electrons. The lowest BCUT2D eigenvalue weighted by atomic mass is 10.0. The second-order valence-electron chi connectivity index (χ2n) is 14.0. The van der Waals surface area contributed by atoms with Crippen LogP contribution in [0.5, 0.6) is 0 Å². The molecule has 0 aromatic rings. The van der Waals surface area contributed by atoms with Gasteiger partial charge >= 0.3 is 0 Å². The summed E-state index contributed by atoms with van der Waals surface area (Å²) in [6, 6.07) is 0.605. The number of hydrogen-bond acceptors (Lipinski definition) is 6. The van der Waals surface area contributed by atoms with Crippen molar-refractivity contribution >= 4 is 5.91 Å². The third kappa shape index (κ3) is 22.4. The molecule has 2 rings (SSSR count). The van der Waals surface area contributed by atoms with E-state index in [1.807, 2.05) is 27.7 Å². The van der Waals surface area contributed by atoms with Crippen LogP contribution >= 0.6 is 0 Å². The number of rotatable bonds is 23. The van der Waals surface area contributed by atoms with Crippen LogP contribution in [0.4, 0.5) is 0 Å². The maximum atomic E-state index is 11.4. The molecule has 2 fully saturated rings. The van der Waals surface area contributed by atoms with E-state index in [0.29, 0.717) is 12.6 Å². The molecule has 0 aromatic heterocycles. The SMILES string of the molecule is CCCCCCCCCC(CCC1COC(C)(C)O1)NC(C)=O.CCCCCCCCCC(N)CCC1COC(C)(C)O1. The van der Waals surface area contributed by atoms with Crippen LogP contribution in [-0.4, -0.2) is 55.0 Å². The van der Waals surface area contributed by atoms with E-state index in [2.05, 4.69) is 19.2 Å². The Morgan fingerprint density at radius 3 is 1.51 bits per heavy atom. The summed E-state index contributed by atoms with van der Waals surface area (Å²) in [4.78, 5) is 11.4. The molecule has 2 aliphatic rings. The second-order valence-corrected chi connectivity index (χ2v) is 14.0. The number of nitrogens with two attached hydrogens (primary N) is 1. The molecule has 43 heavy (non-hydrogen) atoms. The van der Waals surface area contributed by atoms with E-state index in [0.717, 1.165) is 45.1 Å². The van der Waals surface area contributed by atoms with Gasteiger partial charge in [-0.15, -0.1) is 0 Å². The van der Waals surface area contributed by atoms with Gasteiger partial charge in [-0.2, -0.15) is 0 Å². The Labute approximate surface area is 266 Å². The van der Waals surface area contributed by atoms with Crippen molar-refractivity contribution in [3.63, 3.8) is 0 Å². The van der Waals surface area contributed by atoms with Gasteiger partial charge in [0.25, 0.3) is 0 Å². The lowest BCUT2D eigenvalue weighted by Gasteiger charge is -2.21. The van der Waals surface area contributed by atoms with E-state index >= 15 is 0 Å². The summed E-state index contributed by atoms with van der Waals surface area (Å²) < 4.78 is 22.8. The smallest absolute Gasteiger partial charge is 0.217 e. The molecule has 2 heterocycles. The molecule has 0 bridgehead atoms. The number of hydrogen-bond donors (Lipinski definition) is 2. The number of amides is 1. The van der Waals surface area contributed by atoms with Crippen LogP contribution < -0.4 is 11.1 Å². The van der Waals surface area contributed by atoms with Crippen molar-refractivity contribution in [2.24, 2.45) is 5.73 Å². The summed E-state index contributed by atoms with van der Waals surface area (Å²) in [5.74, 6) is -0.776. The summed E-state index contributed by atoms with van der Waals surface area (Å²) in [5, 5.41) is 3.10. The Morgan fingerprint density at radius 2 is 1.09 bits per heavy atom. The van der Waals surface area contributed by atoms with Gasteiger partial charge in [0.1, 0.15) is 0 Å². The van der Waals surface area contributed by atoms with Crippen molar-refractivity contribution in [2.45, 2.75) is 213 Å². The molecule has 0 saturated carbocycles. The highest BCUT2D eigenvalue weighted by molar-refractivity contribution is 5.73. The van der Waals surface area contributed by atoms with Gasteiger partial charge in [-0.1, -0.05) is 104 Å². The van der Waals surface area contributed by atoms with E-state index in [1.54, 1.807) is 6.92 Å². The quantitative estimate of drug-likeness (QED) is 0.112. The highest BCUT2D eigenvalue weighted by Crippen LogP contribution is 2.26. The molecular formula is C36H72N2O5. The zero-order valence-electron chi connectivity index (χ0n) is 29.5. The topological polar surface area (TPSA) is 92.0 Å². The summed E-state index contributed by atoms with van der Waals surface area (Å²) in [7, 11) is 0. The molecule has 3 N–H and O–H groups in total. The molecule has 7 nitrogen and oxygen atoms in total. The zero-order chi connectivity index (χ0) is 32.0. The van der Waals surface area contributed by atoms with E-state index in [9.17, 15) is 4.79 Å². The number of carbonyl (C=O) groups excluding carboxylic acids is 1. The van der Waals surface area contributed by atoms with Crippen LogP contribution in [0.15, 0.2) is 0 Å². The third-order valence-electron chi connectivity index (χ3n) is 8.57. The molecule has 2 saturated heterocycles. The van der Waals surface area contributed by atoms with Crippen molar-refractivity contribution in [3.8, 4) is 0 Å². The molecule has 1 amide bonds. The van der Waals surface area contributed by atoms with Gasteiger partial charge < -0.3 is 30.0 Å². The number of carbonyl (C=O) groups is 1. The predicted octanol–water partition coefficient (Wildman–Crippen LogP) is 8.95. The summed E-state index contributed by atoms with van der Waals surface area (Å²) in [6.45, 7) is 15.4. The summed E-state index contributed by atoms with van der Waals surface area (Å²) >= 11 is 0. The molecule has 2 aliphatic heterocycles. The van der Waals surface area contributed by atoms with E-state index in [4.69, 9.17) is 24.7 Å². The van der Waals surface area contributed by atoms with Gasteiger partial charge in [0.05, 0.1) is 25.4 Å². The predicted molar refractivity (Wildman–Crippen MR) is 179 cm³/mol. The fourth-order valence-corrected chi connectivity index (χ4v) is 6.03. The summed E-state index contributed by atoms with van der Waals surface area (Å²) in [6.07, 6.45) is 25.3. The van der Waals surface area contributed by atoms with Gasteiger partial charge in [-0.05, 0) is 66.2 Å². The highest BCUT2D eigenvalue weighted by Gasteiger charge is 2.33. The van der Waals surface area contributed by atoms with Crippen LogP contribution in [0.25, 0.3) is 0 Å². The first kappa shape index (κ1) is 40.3. The minimum absolute atomic E-state index is 0.0712. The van der Waals surface area contributed by atoms with Crippen LogP contribution in [0, 0.1) is 0 Å². The van der Waals surface area contributed by atoms with Crippen molar-refractivity contribution in [3.05, 3.63) is 0 Å². The normalized spacial score (nSPS) is 22.1. The average Bonchev–Trinajstić information content (AvgIpc) is 3.48. The van der Waals surface area contributed by atoms with E-state index in [1.165, 1.54) is 89.9 Å². The second kappa shape index (κ2) is 23.6. The number of nitrogens with one attached hydrogen (secondary N) is 1. The van der Waals surface area contributed by atoms with Gasteiger partial charge in [0, 0.05) is 19.0 Å². The molecule has 4 unspecified atom stereocenters. The van der Waals surface area contributed by atoms with Crippen molar-refractivity contribution in [1.29, 1.82) is 0 Å². The standard InChI is InChI=1S/C19H37NO3.C17H35NO2/c1-5-6-7-8-9-10-11-12-17(20-16(2)21)13-14-18-15-22-19(3,4)23-18;1-4-5-6-7-8-9-10-11-15(18)12-13-16-14-19-17(2,3)20-16/h17-18H,5-15H2,1-4H3,(H,20,21);15-16H,4-14,18H2,1-3H3. The molecule has 0 aromatic carbocycles.